The summed E-state index contributed by atoms with van der Waals surface area (Å²) in [5.74, 6) is 0. The molecule has 0 aromatic carbocycles. The van der Waals surface area contributed by atoms with Crippen LogP contribution in [0.25, 0.3) is 0 Å². The number of piperidine rings is 1. The summed E-state index contributed by atoms with van der Waals surface area (Å²) in [4.78, 5) is 14.8. The fourth-order valence-corrected chi connectivity index (χ4v) is 2.89. The van der Waals surface area contributed by atoms with Gasteiger partial charge in [-0.3, -0.25) is 4.79 Å². The molecular formula is C16H24N4O. The molecule has 1 saturated heterocycles. The minimum Gasteiger partial charge on any atom is -0.378 e. The summed E-state index contributed by atoms with van der Waals surface area (Å²) in [6, 6.07) is 6.41. The largest absolute Gasteiger partial charge is 0.378 e. The van der Waals surface area contributed by atoms with Crippen molar-refractivity contribution < 1.29 is 0 Å². The molecule has 0 aliphatic carbocycles. The van der Waals surface area contributed by atoms with Gasteiger partial charge in [0.25, 0.3) is 5.56 Å². The first-order chi connectivity index (χ1) is 10.1. The third kappa shape index (κ3) is 4.08. The molecule has 2 heterocycles. The summed E-state index contributed by atoms with van der Waals surface area (Å²) < 4.78 is 1.85. The van der Waals surface area contributed by atoms with E-state index in [4.69, 9.17) is 5.26 Å². The first-order valence-electron chi connectivity index (χ1n) is 7.69. The molecule has 0 saturated carbocycles. The molecule has 1 N–H and O–H groups in total. The van der Waals surface area contributed by atoms with Crippen LogP contribution in [0, 0.1) is 11.3 Å². The van der Waals surface area contributed by atoms with E-state index >= 15 is 0 Å². The minimum absolute atomic E-state index is 0.0540. The Hall–Kier alpha value is -1.80. The van der Waals surface area contributed by atoms with E-state index in [0.29, 0.717) is 12.1 Å². The van der Waals surface area contributed by atoms with Gasteiger partial charge in [-0.25, -0.2) is 0 Å². The maximum Gasteiger partial charge on any atom is 0.274 e. The van der Waals surface area contributed by atoms with Crippen LogP contribution >= 0.6 is 0 Å². The Labute approximate surface area is 126 Å². The molecule has 1 aromatic heterocycles. The van der Waals surface area contributed by atoms with Crippen LogP contribution in [0.5, 0.6) is 0 Å². The molecule has 1 aliphatic rings. The van der Waals surface area contributed by atoms with Crippen molar-refractivity contribution in [2.45, 2.75) is 45.2 Å². The highest BCUT2D eigenvalue weighted by atomic mass is 16.1. The van der Waals surface area contributed by atoms with Gasteiger partial charge >= 0.3 is 0 Å². The number of hydrogen-bond acceptors (Lipinski definition) is 4. The zero-order chi connectivity index (χ0) is 15.2. The number of likely N-dealkylation sites (tertiary alicyclic amines) is 1. The molecule has 1 atom stereocenters. The maximum atomic E-state index is 12.6. The average molecular weight is 288 g/mol. The van der Waals surface area contributed by atoms with Crippen molar-refractivity contribution in [3.05, 3.63) is 28.7 Å². The number of hydrogen-bond donors (Lipinski definition) is 1. The molecule has 1 aliphatic heterocycles. The van der Waals surface area contributed by atoms with Crippen LogP contribution in [0.3, 0.4) is 0 Å². The minimum atomic E-state index is 0.0540. The van der Waals surface area contributed by atoms with E-state index in [1.807, 2.05) is 36.7 Å². The maximum absolute atomic E-state index is 12.6. The molecule has 5 heteroatoms. The predicted octanol–water partition coefficient (Wildman–Crippen LogP) is 2.22. The van der Waals surface area contributed by atoms with E-state index in [9.17, 15) is 4.79 Å². The SMILES string of the molecule is CC(C)Nc1cccn(C2CCCN(CCC#N)C2)c1=O. The van der Waals surface area contributed by atoms with E-state index in [-0.39, 0.29) is 17.6 Å². The van der Waals surface area contributed by atoms with Gasteiger partial charge in [-0.1, -0.05) is 0 Å². The Bertz CT molecular complexity index is 558. The Kier molecular flexibility index (Phi) is 5.40. The summed E-state index contributed by atoms with van der Waals surface area (Å²) in [5.41, 5.74) is 0.722. The van der Waals surface area contributed by atoms with Crippen LogP contribution in [-0.4, -0.2) is 35.1 Å². The summed E-state index contributed by atoms with van der Waals surface area (Å²) in [7, 11) is 0. The second-order valence-electron chi connectivity index (χ2n) is 5.94. The lowest BCUT2D eigenvalue weighted by Crippen LogP contribution is -2.40. The van der Waals surface area contributed by atoms with Gasteiger partial charge in [0.2, 0.25) is 0 Å². The molecule has 114 valence electrons. The smallest absolute Gasteiger partial charge is 0.274 e. The van der Waals surface area contributed by atoms with Gasteiger partial charge in [0.05, 0.1) is 6.07 Å². The summed E-state index contributed by atoms with van der Waals surface area (Å²) >= 11 is 0. The van der Waals surface area contributed by atoms with Gasteiger partial charge in [-0.15, -0.1) is 0 Å². The predicted molar refractivity (Wildman–Crippen MR) is 84.4 cm³/mol. The van der Waals surface area contributed by atoms with Crippen molar-refractivity contribution in [3.63, 3.8) is 0 Å². The van der Waals surface area contributed by atoms with E-state index in [1.54, 1.807) is 0 Å². The number of aromatic nitrogens is 1. The number of nitrogens with zero attached hydrogens (tertiary/aromatic N) is 3. The zero-order valence-electron chi connectivity index (χ0n) is 12.9. The highest BCUT2D eigenvalue weighted by Gasteiger charge is 2.22. The topological polar surface area (TPSA) is 61.1 Å². The highest BCUT2D eigenvalue weighted by molar-refractivity contribution is 5.41. The summed E-state index contributed by atoms with van der Waals surface area (Å²) in [6.07, 6.45) is 4.53. The monoisotopic (exact) mass is 288 g/mol. The fraction of sp³-hybridized carbons (Fsp3) is 0.625. The number of rotatable bonds is 5. The molecule has 0 radical (unpaired) electrons. The van der Waals surface area contributed by atoms with Crippen molar-refractivity contribution in [1.82, 2.24) is 9.47 Å². The number of nitriles is 1. The molecule has 0 amide bonds. The van der Waals surface area contributed by atoms with Crippen molar-refractivity contribution in [2.24, 2.45) is 0 Å². The van der Waals surface area contributed by atoms with Crippen LogP contribution < -0.4 is 10.9 Å². The van der Waals surface area contributed by atoms with E-state index in [0.717, 1.165) is 32.5 Å². The van der Waals surface area contributed by atoms with Gasteiger partial charge in [0, 0.05) is 37.8 Å². The van der Waals surface area contributed by atoms with Gasteiger partial charge in [-0.05, 0) is 45.4 Å². The number of pyridine rings is 1. The molecule has 1 fully saturated rings. The summed E-state index contributed by atoms with van der Waals surface area (Å²) in [5, 5.41) is 11.9. The third-order valence-corrected chi connectivity index (χ3v) is 3.83. The Morgan fingerprint density at radius 1 is 1.52 bits per heavy atom. The van der Waals surface area contributed by atoms with Crippen LogP contribution in [-0.2, 0) is 0 Å². The van der Waals surface area contributed by atoms with Gasteiger partial charge < -0.3 is 14.8 Å². The van der Waals surface area contributed by atoms with Gasteiger partial charge in [0.15, 0.2) is 0 Å². The second-order valence-corrected chi connectivity index (χ2v) is 5.94. The molecule has 0 bridgehead atoms. The average Bonchev–Trinajstić information content (AvgIpc) is 2.47. The standard InChI is InChI=1S/C16H24N4O/c1-13(2)18-15-7-4-11-20(16(15)21)14-6-3-9-19(12-14)10-5-8-17/h4,7,11,13-14,18H,3,5-6,9-10,12H2,1-2H3. The molecule has 1 unspecified atom stereocenters. The zero-order valence-corrected chi connectivity index (χ0v) is 12.9. The first kappa shape index (κ1) is 15.6. The molecule has 0 spiro atoms. The van der Waals surface area contributed by atoms with Crippen molar-refractivity contribution >= 4 is 5.69 Å². The highest BCUT2D eigenvalue weighted by Crippen LogP contribution is 2.20. The van der Waals surface area contributed by atoms with Crippen LogP contribution in [0.1, 0.15) is 39.2 Å². The van der Waals surface area contributed by atoms with E-state index in [1.165, 1.54) is 0 Å². The van der Waals surface area contributed by atoms with Crippen molar-refractivity contribution in [1.29, 1.82) is 5.26 Å². The second kappa shape index (κ2) is 7.28. The third-order valence-electron chi connectivity index (χ3n) is 3.83. The van der Waals surface area contributed by atoms with E-state index < -0.39 is 0 Å². The lowest BCUT2D eigenvalue weighted by atomic mass is 10.0. The quantitative estimate of drug-likeness (QED) is 0.902. The molecular weight excluding hydrogens is 264 g/mol. The summed E-state index contributed by atoms with van der Waals surface area (Å²) in [6.45, 7) is 6.73. The van der Waals surface area contributed by atoms with Crippen LogP contribution in [0.2, 0.25) is 0 Å². The molecule has 1 aromatic rings. The number of nitrogens with one attached hydrogen (secondary N) is 1. The van der Waals surface area contributed by atoms with Crippen molar-refractivity contribution in [2.75, 3.05) is 25.0 Å². The van der Waals surface area contributed by atoms with Gasteiger partial charge in [-0.2, -0.15) is 5.26 Å². The van der Waals surface area contributed by atoms with Crippen LogP contribution in [0.15, 0.2) is 23.1 Å². The van der Waals surface area contributed by atoms with E-state index in [2.05, 4.69) is 16.3 Å². The van der Waals surface area contributed by atoms with Gasteiger partial charge in [0.1, 0.15) is 5.69 Å². The first-order valence-corrected chi connectivity index (χ1v) is 7.69. The van der Waals surface area contributed by atoms with Crippen molar-refractivity contribution in [3.8, 4) is 6.07 Å². The normalized spacial score (nSPS) is 19.4. The lowest BCUT2D eigenvalue weighted by molar-refractivity contribution is 0.178. The van der Waals surface area contributed by atoms with Crippen LogP contribution in [0.4, 0.5) is 5.69 Å². The molecule has 5 nitrogen and oxygen atoms in total. The Morgan fingerprint density at radius 2 is 2.33 bits per heavy atom. The Balaban J connectivity index is 2.14. The number of anilines is 1. The molecule has 2 rings (SSSR count). The lowest BCUT2D eigenvalue weighted by Gasteiger charge is -2.33. The fourth-order valence-electron chi connectivity index (χ4n) is 2.89. The molecule has 21 heavy (non-hydrogen) atoms. The Morgan fingerprint density at radius 3 is 3.05 bits per heavy atom.